The SMILES string of the molecule is Nc1c(Cl)cccc1NCc1ccccc1Br. The summed E-state index contributed by atoms with van der Waals surface area (Å²) in [4.78, 5) is 0. The van der Waals surface area contributed by atoms with E-state index in [1.165, 1.54) is 5.56 Å². The quantitative estimate of drug-likeness (QED) is 0.830. The molecule has 0 aliphatic heterocycles. The molecule has 0 saturated heterocycles. The van der Waals surface area contributed by atoms with Crippen molar-refractivity contribution in [1.82, 2.24) is 0 Å². The molecular formula is C13H12BrClN2. The lowest BCUT2D eigenvalue weighted by Crippen LogP contribution is -2.03. The van der Waals surface area contributed by atoms with Crippen LogP contribution in [0.25, 0.3) is 0 Å². The second kappa shape index (κ2) is 5.43. The molecule has 0 aromatic heterocycles. The third-order valence-corrected chi connectivity index (χ3v) is 3.58. The highest BCUT2D eigenvalue weighted by Crippen LogP contribution is 2.27. The van der Waals surface area contributed by atoms with Gasteiger partial charge in [-0.3, -0.25) is 0 Å². The molecule has 0 atom stereocenters. The van der Waals surface area contributed by atoms with Gasteiger partial charge in [-0.25, -0.2) is 0 Å². The number of hydrogen-bond donors (Lipinski definition) is 2. The Morgan fingerprint density at radius 2 is 1.88 bits per heavy atom. The summed E-state index contributed by atoms with van der Waals surface area (Å²) in [5, 5.41) is 3.84. The normalized spacial score (nSPS) is 10.2. The predicted molar refractivity (Wildman–Crippen MR) is 77.3 cm³/mol. The van der Waals surface area contributed by atoms with E-state index in [9.17, 15) is 0 Å². The lowest BCUT2D eigenvalue weighted by molar-refractivity contribution is 1.14. The van der Waals surface area contributed by atoms with Crippen LogP contribution in [-0.4, -0.2) is 0 Å². The molecule has 0 saturated carbocycles. The summed E-state index contributed by atoms with van der Waals surface area (Å²) in [6, 6.07) is 13.6. The molecule has 0 spiro atoms. The van der Waals surface area contributed by atoms with Crippen molar-refractivity contribution >= 4 is 38.9 Å². The van der Waals surface area contributed by atoms with Gasteiger partial charge in [-0.15, -0.1) is 0 Å². The molecule has 0 fully saturated rings. The van der Waals surface area contributed by atoms with E-state index in [4.69, 9.17) is 17.3 Å². The lowest BCUT2D eigenvalue weighted by Gasteiger charge is -2.11. The molecule has 0 radical (unpaired) electrons. The van der Waals surface area contributed by atoms with Crippen LogP contribution >= 0.6 is 27.5 Å². The Kier molecular flexibility index (Phi) is 3.92. The minimum atomic E-state index is 0.571. The van der Waals surface area contributed by atoms with Crippen molar-refractivity contribution in [3.05, 3.63) is 57.5 Å². The molecule has 0 unspecified atom stereocenters. The number of halogens is 2. The zero-order chi connectivity index (χ0) is 12.3. The molecule has 0 aliphatic carbocycles. The highest BCUT2D eigenvalue weighted by atomic mass is 79.9. The zero-order valence-electron chi connectivity index (χ0n) is 9.08. The number of hydrogen-bond acceptors (Lipinski definition) is 2. The Labute approximate surface area is 114 Å². The van der Waals surface area contributed by atoms with Crippen LogP contribution in [0.3, 0.4) is 0 Å². The third kappa shape index (κ3) is 2.93. The maximum Gasteiger partial charge on any atom is 0.0739 e. The highest BCUT2D eigenvalue weighted by molar-refractivity contribution is 9.10. The topological polar surface area (TPSA) is 38.0 Å². The second-order valence-electron chi connectivity index (χ2n) is 3.65. The number of para-hydroxylation sites is 1. The average Bonchev–Trinajstić information content (AvgIpc) is 2.33. The smallest absolute Gasteiger partial charge is 0.0739 e. The standard InChI is InChI=1S/C13H12BrClN2/c14-10-5-2-1-4-9(10)8-17-12-7-3-6-11(15)13(12)16/h1-7,17H,8,16H2. The van der Waals surface area contributed by atoms with Crippen LogP contribution in [0.15, 0.2) is 46.9 Å². The van der Waals surface area contributed by atoms with Gasteiger partial charge in [0.15, 0.2) is 0 Å². The highest BCUT2D eigenvalue weighted by Gasteiger charge is 2.03. The van der Waals surface area contributed by atoms with E-state index in [-0.39, 0.29) is 0 Å². The third-order valence-electron chi connectivity index (χ3n) is 2.48. The maximum absolute atomic E-state index is 5.95. The Morgan fingerprint density at radius 3 is 2.65 bits per heavy atom. The van der Waals surface area contributed by atoms with Gasteiger partial charge in [0.25, 0.3) is 0 Å². The molecule has 2 aromatic rings. The first-order valence-electron chi connectivity index (χ1n) is 5.20. The number of nitrogens with one attached hydrogen (secondary N) is 1. The maximum atomic E-state index is 5.95. The van der Waals surface area contributed by atoms with Crippen LogP contribution < -0.4 is 11.1 Å². The largest absolute Gasteiger partial charge is 0.396 e. The molecule has 17 heavy (non-hydrogen) atoms. The van der Waals surface area contributed by atoms with Gasteiger partial charge in [0.2, 0.25) is 0 Å². The zero-order valence-corrected chi connectivity index (χ0v) is 11.4. The van der Waals surface area contributed by atoms with E-state index < -0.39 is 0 Å². The van der Waals surface area contributed by atoms with Crippen molar-refractivity contribution < 1.29 is 0 Å². The molecule has 2 aromatic carbocycles. The number of rotatable bonds is 3. The molecule has 3 N–H and O–H groups in total. The Morgan fingerprint density at radius 1 is 1.12 bits per heavy atom. The van der Waals surface area contributed by atoms with Gasteiger partial charge in [0, 0.05) is 11.0 Å². The number of nitrogen functional groups attached to an aromatic ring is 1. The molecule has 2 nitrogen and oxygen atoms in total. The number of nitrogens with two attached hydrogens (primary N) is 1. The van der Waals surface area contributed by atoms with E-state index in [1.807, 2.05) is 30.3 Å². The summed E-state index contributed by atoms with van der Waals surface area (Å²) in [7, 11) is 0. The van der Waals surface area contributed by atoms with E-state index in [0.29, 0.717) is 17.3 Å². The molecular weight excluding hydrogens is 300 g/mol. The summed E-state index contributed by atoms with van der Waals surface area (Å²) >= 11 is 9.46. The monoisotopic (exact) mass is 310 g/mol. The van der Waals surface area contributed by atoms with Crippen LogP contribution in [0.4, 0.5) is 11.4 Å². The van der Waals surface area contributed by atoms with Crippen molar-refractivity contribution in [1.29, 1.82) is 0 Å². The Bertz CT molecular complexity index is 529. The predicted octanol–water partition coefficient (Wildman–Crippen LogP) is 4.30. The lowest BCUT2D eigenvalue weighted by atomic mass is 10.2. The molecule has 88 valence electrons. The van der Waals surface area contributed by atoms with E-state index in [1.54, 1.807) is 6.07 Å². The van der Waals surface area contributed by atoms with E-state index >= 15 is 0 Å². The molecule has 0 aliphatic rings. The number of benzene rings is 2. The fourth-order valence-electron chi connectivity index (χ4n) is 1.52. The molecule has 4 heteroatoms. The van der Waals surface area contributed by atoms with Crippen LogP contribution in [0.2, 0.25) is 5.02 Å². The van der Waals surface area contributed by atoms with Crippen LogP contribution in [0.1, 0.15) is 5.56 Å². The second-order valence-corrected chi connectivity index (χ2v) is 4.91. The van der Waals surface area contributed by atoms with Gasteiger partial charge in [-0.05, 0) is 23.8 Å². The van der Waals surface area contributed by atoms with Crippen molar-refractivity contribution in [2.24, 2.45) is 0 Å². The summed E-state index contributed by atoms with van der Waals surface area (Å²) in [6.45, 7) is 0.700. The summed E-state index contributed by atoms with van der Waals surface area (Å²) in [5.74, 6) is 0. The Hall–Kier alpha value is -1.19. The van der Waals surface area contributed by atoms with Gasteiger partial charge < -0.3 is 11.1 Å². The molecule has 0 amide bonds. The van der Waals surface area contributed by atoms with Crippen molar-refractivity contribution in [2.75, 3.05) is 11.1 Å². The number of anilines is 2. The van der Waals surface area contributed by atoms with Gasteiger partial charge >= 0.3 is 0 Å². The molecule has 0 heterocycles. The first kappa shape index (κ1) is 12.3. The Balaban J connectivity index is 2.13. The van der Waals surface area contributed by atoms with Gasteiger partial charge in [-0.2, -0.15) is 0 Å². The fourth-order valence-corrected chi connectivity index (χ4v) is 2.12. The molecule has 0 bridgehead atoms. The van der Waals surface area contributed by atoms with E-state index in [2.05, 4.69) is 27.3 Å². The van der Waals surface area contributed by atoms with Gasteiger partial charge in [0.1, 0.15) is 0 Å². The van der Waals surface area contributed by atoms with Crippen LogP contribution in [-0.2, 0) is 6.54 Å². The molecule has 2 rings (SSSR count). The van der Waals surface area contributed by atoms with Gasteiger partial charge in [0.05, 0.1) is 16.4 Å². The first-order valence-corrected chi connectivity index (χ1v) is 6.37. The summed E-state index contributed by atoms with van der Waals surface area (Å²) < 4.78 is 1.08. The fraction of sp³-hybridized carbons (Fsp3) is 0.0769. The summed E-state index contributed by atoms with van der Waals surface area (Å²) in [6.07, 6.45) is 0. The summed E-state index contributed by atoms with van der Waals surface area (Å²) in [5.41, 5.74) is 8.49. The van der Waals surface area contributed by atoms with Crippen LogP contribution in [0.5, 0.6) is 0 Å². The van der Waals surface area contributed by atoms with E-state index in [0.717, 1.165) is 10.2 Å². The van der Waals surface area contributed by atoms with Crippen LogP contribution in [0, 0.1) is 0 Å². The minimum Gasteiger partial charge on any atom is -0.396 e. The average molecular weight is 312 g/mol. The first-order chi connectivity index (χ1) is 8.18. The minimum absolute atomic E-state index is 0.571. The van der Waals surface area contributed by atoms with Crippen molar-refractivity contribution in [3.8, 4) is 0 Å². The van der Waals surface area contributed by atoms with Crippen molar-refractivity contribution in [3.63, 3.8) is 0 Å². The van der Waals surface area contributed by atoms with Gasteiger partial charge in [-0.1, -0.05) is 51.8 Å². The van der Waals surface area contributed by atoms with Crippen molar-refractivity contribution in [2.45, 2.75) is 6.54 Å².